The molecule has 0 aliphatic carbocycles. The summed E-state index contributed by atoms with van der Waals surface area (Å²) >= 11 is 0. The van der Waals surface area contributed by atoms with E-state index >= 15 is 0 Å². The lowest BCUT2D eigenvalue weighted by Gasteiger charge is -2.17. The Bertz CT molecular complexity index is 396. The van der Waals surface area contributed by atoms with Gasteiger partial charge in [-0.2, -0.15) is 0 Å². The van der Waals surface area contributed by atoms with Crippen LogP contribution in [0, 0.1) is 13.8 Å². The van der Waals surface area contributed by atoms with E-state index < -0.39 is 6.10 Å². The van der Waals surface area contributed by atoms with Crippen molar-refractivity contribution in [3.8, 4) is 5.75 Å². The third-order valence-electron chi connectivity index (χ3n) is 2.33. The van der Waals surface area contributed by atoms with Crippen LogP contribution in [0.3, 0.4) is 0 Å². The molecule has 0 spiro atoms. The Hall–Kier alpha value is -1.51. The van der Waals surface area contributed by atoms with Gasteiger partial charge in [0.05, 0.1) is 6.10 Å². The number of benzene rings is 1. The van der Waals surface area contributed by atoms with Crippen molar-refractivity contribution in [1.29, 1.82) is 0 Å². The van der Waals surface area contributed by atoms with Gasteiger partial charge < -0.3 is 9.47 Å². The lowest BCUT2D eigenvalue weighted by Crippen LogP contribution is -2.28. The predicted octanol–water partition coefficient (Wildman–Crippen LogP) is 3.02. The first kappa shape index (κ1) is 13.6. The quantitative estimate of drug-likeness (QED) is 0.754. The van der Waals surface area contributed by atoms with Gasteiger partial charge in [0.1, 0.15) is 5.75 Å². The first-order valence-electron chi connectivity index (χ1n) is 5.84. The van der Waals surface area contributed by atoms with Crippen LogP contribution in [0.5, 0.6) is 5.75 Å². The maximum absolute atomic E-state index is 11.6. The maximum atomic E-state index is 11.6. The second-order valence-corrected chi connectivity index (χ2v) is 4.51. The zero-order valence-electron chi connectivity index (χ0n) is 11.1. The first-order chi connectivity index (χ1) is 7.90. The van der Waals surface area contributed by atoms with E-state index in [4.69, 9.17) is 9.47 Å². The van der Waals surface area contributed by atoms with Crippen LogP contribution in [-0.4, -0.2) is 18.2 Å². The fraction of sp³-hybridized carbons (Fsp3) is 0.500. The molecule has 0 aliphatic rings. The second kappa shape index (κ2) is 5.71. The molecule has 1 unspecified atom stereocenters. The summed E-state index contributed by atoms with van der Waals surface area (Å²) in [7, 11) is 0. The average molecular weight is 236 g/mol. The Morgan fingerprint density at radius 3 is 2.41 bits per heavy atom. The van der Waals surface area contributed by atoms with Gasteiger partial charge in [-0.15, -0.1) is 0 Å². The van der Waals surface area contributed by atoms with E-state index in [1.54, 1.807) is 6.92 Å². The van der Waals surface area contributed by atoms with Crippen molar-refractivity contribution in [1.82, 2.24) is 0 Å². The highest BCUT2D eigenvalue weighted by Crippen LogP contribution is 2.20. The van der Waals surface area contributed by atoms with Gasteiger partial charge in [-0.25, -0.2) is 4.79 Å². The first-order valence-corrected chi connectivity index (χ1v) is 5.84. The molecule has 3 heteroatoms. The minimum atomic E-state index is -0.585. The van der Waals surface area contributed by atoms with Gasteiger partial charge in [-0.3, -0.25) is 0 Å². The molecule has 0 aromatic heterocycles. The van der Waals surface area contributed by atoms with Crippen LogP contribution in [0.15, 0.2) is 18.2 Å². The highest BCUT2D eigenvalue weighted by Gasteiger charge is 2.18. The van der Waals surface area contributed by atoms with Crippen molar-refractivity contribution in [2.45, 2.75) is 46.8 Å². The topological polar surface area (TPSA) is 35.5 Å². The summed E-state index contributed by atoms with van der Waals surface area (Å²) in [5.41, 5.74) is 2.12. The summed E-state index contributed by atoms with van der Waals surface area (Å²) in [6.45, 7) is 9.29. The third kappa shape index (κ3) is 4.10. The van der Waals surface area contributed by atoms with E-state index in [1.165, 1.54) is 0 Å². The van der Waals surface area contributed by atoms with Gasteiger partial charge >= 0.3 is 5.97 Å². The number of hydrogen-bond donors (Lipinski definition) is 0. The summed E-state index contributed by atoms with van der Waals surface area (Å²) in [4.78, 5) is 11.6. The van der Waals surface area contributed by atoms with E-state index in [-0.39, 0.29) is 12.1 Å². The maximum Gasteiger partial charge on any atom is 0.347 e. The molecule has 0 bridgehead atoms. The Labute approximate surface area is 103 Å². The molecule has 0 saturated carbocycles. The highest BCUT2D eigenvalue weighted by molar-refractivity contribution is 5.74. The molecule has 0 heterocycles. The number of rotatable bonds is 4. The van der Waals surface area contributed by atoms with Gasteiger partial charge in [-0.05, 0) is 51.8 Å². The van der Waals surface area contributed by atoms with Crippen molar-refractivity contribution in [2.24, 2.45) is 0 Å². The smallest absolute Gasteiger partial charge is 0.347 e. The van der Waals surface area contributed by atoms with Crippen LogP contribution >= 0.6 is 0 Å². The lowest BCUT2D eigenvalue weighted by molar-refractivity contribution is -0.154. The molecule has 0 fully saturated rings. The second-order valence-electron chi connectivity index (χ2n) is 4.51. The SMILES string of the molecule is Cc1ccc(C)c(OC(C)C(=O)OC(C)C)c1. The highest BCUT2D eigenvalue weighted by atomic mass is 16.6. The normalized spacial score (nSPS) is 12.4. The van der Waals surface area contributed by atoms with E-state index in [0.717, 1.165) is 16.9 Å². The van der Waals surface area contributed by atoms with Crippen LogP contribution in [-0.2, 0) is 9.53 Å². The molecule has 0 radical (unpaired) electrons. The molecule has 3 nitrogen and oxygen atoms in total. The summed E-state index contributed by atoms with van der Waals surface area (Å²) in [6.07, 6.45) is -0.704. The van der Waals surface area contributed by atoms with E-state index in [2.05, 4.69) is 0 Å². The number of hydrogen-bond acceptors (Lipinski definition) is 3. The molecule has 17 heavy (non-hydrogen) atoms. The number of esters is 1. The predicted molar refractivity (Wildman–Crippen MR) is 67.2 cm³/mol. The summed E-state index contributed by atoms with van der Waals surface area (Å²) in [5.74, 6) is 0.402. The molecule has 1 aromatic carbocycles. The zero-order valence-corrected chi connectivity index (χ0v) is 11.1. The Kier molecular flexibility index (Phi) is 4.55. The number of aryl methyl sites for hydroxylation is 2. The molecule has 94 valence electrons. The molecular formula is C14H20O3. The number of carbonyl (C=O) groups excluding carboxylic acids is 1. The average Bonchev–Trinajstić information content (AvgIpc) is 2.22. The molecule has 0 amide bonds. The number of ether oxygens (including phenoxy) is 2. The Balaban J connectivity index is 2.70. The lowest BCUT2D eigenvalue weighted by atomic mass is 10.1. The van der Waals surface area contributed by atoms with Gasteiger partial charge in [-0.1, -0.05) is 12.1 Å². The van der Waals surface area contributed by atoms with Crippen LogP contribution in [0.1, 0.15) is 31.9 Å². The van der Waals surface area contributed by atoms with Gasteiger partial charge in [0.15, 0.2) is 6.10 Å². The van der Waals surface area contributed by atoms with E-state index in [9.17, 15) is 4.79 Å². The van der Waals surface area contributed by atoms with Gasteiger partial charge in [0, 0.05) is 0 Å². The van der Waals surface area contributed by atoms with Gasteiger partial charge in [0.2, 0.25) is 0 Å². The minimum Gasteiger partial charge on any atom is -0.479 e. The van der Waals surface area contributed by atoms with E-state index in [1.807, 2.05) is 45.9 Å². The molecule has 0 N–H and O–H groups in total. The van der Waals surface area contributed by atoms with Crippen molar-refractivity contribution < 1.29 is 14.3 Å². The Morgan fingerprint density at radius 1 is 1.18 bits per heavy atom. The minimum absolute atomic E-state index is 0.118. The third-order valence-corrected chi connectivity index (χ3v) is 2.33. The molecule has 1 aromatic rings. The monoisotopic (exact) mass is 236 g/mol. The van der Waals surface area contributed by atoms with Crippen LogP contribution in [0.2, 0.25) is 0 Å². The van der Waals surface area contributed by atoms with Gasteiger partial charge in [0.25, 0.3) is 0 Å². The van der Waals surface area contributed by atoms with Crippen LogP contribution in [0.4, 0.5) is 0 Å². The molecule has 1 atom stereocenters. The standard InChI is InChI=1S/C14H20O3/c1-9(2)16-14(15)12(5)17-13-8-10(3)6-7-11(13)4/h6-9,12H,1-5H3. The molecule has 0 aliphatic heterocycles. The number of carbonyl (C=O) groups is 1. The Morgan fingerprint density at radius 2 is 1.82 bits per heavy atom. The molecular weight excluding hydrogens is 216 g/mol. The van der Waals surface area contributed by atoms with Crippen molar-refractivity contribution in [3.05, 3.63) is 29.3 Å². The van der Waals surface area contributed by atoms with Crippen molar-refractivity contribution in [3.63, 3.8) is 0 Å². The largest absolute Gasteiger partial charge is 0.479 e. The van der Waals surface area contributed by atoms with E-state index in [0.29, 0.717) is 0 Å². The van der Waals surface area contributed by atoms with Crippen LogP contribution < -0.4 is 4.74 Å². The van der Waals surface area contributed by atoms with Crippen LogP contribution in [0.25, 0.3) is 0 Å². The summed E-state index contributed by atoms with van der Waals surface area (Å²) in [5, 5.41) is 0. The summed E-state index contributed by atoms with van der Waals surface area (Å²) < 4.78 is 10.7. The molecule has 0 saturated heterocycles. The summed E-state index contributed by atoms with van der Waals surface area (Å²) in [6, 6.07) is 5.92. The van der Waals surface area contributed by atoms with Crippen molar-refractivity contribution in [2.75, 3.05) is 0 Å². The fourth-order valence-electron chi connectivity index (χ4n) is 1.40. The fourth-order valence-corrected chi connectivity index (χ4v) is 1.40. The zero-order chi connectivity index (χ0) is 13.0. The molecule has 1 rings (SSSR count). The van der Waals surface area contributed by atoms with Crippen molar-refractivity contribution >= 4 is 5.97 Å².